The molecule has 0 radical (unpaired) electrons. The lowest BCUT2D eigenvalue weighted by molar-refractivity contribution is -0.116. The van der Waals surface area contributed by atoms with Gasteiger partial charge in [-0.15, -0.1) is 0 Å². The predicted molar refractivity (Wildman–Crippen MR) is 114 cm³/mol. The summed E-state index contributed by atoms with van der Waals surface area (Å²) >= 11 is 0. The maximum absolute atomic E-state index is 12.3. The lowest BCUT2D eigenvalue weighted by Crippen LogP contribution is -2.22. The smallest absolute Gasteiger partial charge is 0.243 e. The van der Waals surface area contributed by atoms with Crippen LogP contribution in [0.4, 0.5) is 17.1 Å². The molecule has 0 bridgehead atoms. The Hall–Kier alpha value is -3.28. The van der Waals surface area contributed by atoms with Crippen molar-refractivity contribution >= 4 is 28.9 Å². The number of ether oxygens (including phenoxy) is 1. The van der Waals surface area contributed by atoms with E-state index >= 15 is 0 Å². The number of amides is 2. The standard InChI is InChI=1S/C22H27N3O3/c1-4-7-21(26)24-18-12-10-17(11-13-18)23-14-22(27)25-19-8-5-6-9-20(19)28-15-16(2)3/h5-6,8-13,23H,2,4,7,14-15H2,1,3H3,(H,24,26)(H,25,27). The molecule has 3 N–H and O–H groups in total. The largest absolute Gasteiger partial charge is 0.487 e. The van der Waals surface area contributed by atoms with Crippen molar-refractivity contribution in [2.24, 2.45) is 0 Å². The SMILES string of the molecule is C=C(C)COc1ccccc1NC(=O)CNc1ccc(NC(=O)CCC)cc1. The van der Waals surface area contributed by atoms with E-state index in [9.17, 15) is 9.59 Å². The molecule has 2 aromatic rings. The third kappa shape index (κ3) is 7.15. The van der Waals surface area contributed by atoms with Gasteiger partial charge in [0.1, 0.15) is 12.4 Å². The fourth-order valence-corrected chi connectivity index (χ4v) is 2.40. The first-order chi connectivity index (χ1) is 13.5. The van der Waals surface area contributed by atoms with E-state index in [4.69, 9.17) is 4.74 Å². The third-order valence-corrected chi connectivity index (χ3v) is 3.73. The molecule has 0 aromatic heterocycles. The van der Waals surface area contributed by atoms with Gasteiger partial charge in [-0.25, -0.2) is 0 Å². The average Bonchev–Trinajstić information content (AvgIpc) is 2.67. The fourth-order valence-electron chi connectivity index (χ4n) is 2.40. The van der Waals surface area contributed by atoms with Crippen LogP contribution in [0.15, 0.2) is 60.7 Å². The van der Waals surface area contributed by atoms with Crippen molar-refractivity contribution in [3.8, 4) is 5.75 Å². The number of para-hydroxylation sites is 2. The minimum atomic E-state index is -0.188. The van der Waals surface area contributed by atoms with Crippen molar-refractivity contribution in [1.29, 1.82) is 0 Å². The van der Waals surface area contributed by atoms with Gasteiger partial charge in [0.05, 0.1) is 12.2 Å². The lowest BCUT2D eigenvalue weighted by Gasteiger charge is -2.13. The summed E-state index contributed by atoms with van der Waals surface area (Å²) in [4.78, 5) is 23.9. The summed E-state index contributed by atoms with van der Waals surface area (Å²) in [6.07, 6.45) is 1.31. The van der Waals surface area contributed by atoms with Crippen LogP contribution in [-0.4, -0.2) is 25.0 Å². The van der Waals surface area contributed by atoms with Crippen LogP contribution in [0.25, 0.3) is 0 Å². The van der Waals surface area contributed by atoms with Gasteiger partial charge in [-0.3, -0.25) is 9.59 Å². The van der Waals surface area contributed by atoms with Crippen molar-refractivity contribution in [2.75, 3.05) is 29.1 Å². The molecule has 0 heterocycles. The van der Waals surface area contributed by atoms with Crippen molar-refractivity contribution < 1.29 is 14.3 Å². The van der Waals surface area contributed by atoms with Gasteiger partial charge < -0.3 is 20.7 Å². The Balaban J connectivity index is 1.86. The summed E-state index contributed by atoms with van der Waals surface area (Å²) < 4.78 is 5.66. The Morgan fingerprint density at radius 3 is 2.32 bits per heavy atom. The lowest BCUT2D eigenvalue weighted by atomic mass is 10.2. The zero-order chi connectivity index (χ0) is 20.4. The van der Waals surface area contributed by atoms with Gasteiger partial charge in [0.15, 0.2) is 0 Å². The van der Waals surface area contributed by atoms with Crippen LogP contribution in [0.5, 0.6) is 5.75 Å². The summed E-state index contributed by atoms with van der Waals surface area (Å²) in [6, 6.07) is 14.5. The maximum Gasteiger partial charge on any atom is 0.243 e. The van der Waals surface area contributed by atoms with Crippen LogP contribution in [0, 0.1) is 0 Å². The molecule has 2 rings (SSSR count). The summed E-state index contributed by atoms with van der Waals surface area (Å²) in [5.41, 5.74) is 3.04. The number of carbonyl (C=O) groups is 2. The number of hydrogen-bond acceptors (Lipinski definition) is 4. The van der Waals surface area contributed by atoms with Crippen LogP contribution in [0.2, 0.25) is 0 Å². The van der Waals surface area contributed by atoms with Crippen molar-refractivity contribution in [1.82, 2.24) is 0 Å². The highest BCUT2D eigenvalue weighted by atomic mass is 16.5. The molecule has 6 nitrogen and oxygen atoms in total. The maximum atomic E-state index is 12.3. The van der Waals surface area contributed by atoms with Crippen molar-refractivity contribution in [3.05, 3.63) is 60.7 Å². The van der Waals surface area contributed by atoms with E-state index in [1.54, 1.807) is 24.3 Å². The molecule has 0 aliphatic carbocycles. The molecule has 148 valence electrons. The van der Waals surface area contributed by atoms with E-state index in [0.717, 1.165) is 23.4 Å². The third-order valence-electron chi connectivity index (χ3n) is 3.73. The Morgan fingerprint density at radius 1 is 0.964 bits per heavy atom. The second-order valence-corrected chi connectivity index (χ2v) is 6.52. The van der Waals surface area contributed by atoms with Gasteiger partial charge in [-0.1, -0.05) is 25.6 Å². The second-order valence-electron chi connectivity index (χ2n) is 6.52. The van der Waals surface area contributed by atoms with E-state index in [0.29, 0.717) is 24.5 Å². The van der Waals surface area contributed by atoms with E-state index in [2.05, 4.69) is 22.5 Å². The van der Waals surface area contributed by atoms with E-state index in [-0.39, 0.29) is 18.4 Å². The van der Waals surface area contributed by atoms with Crippen LogP contribution in [-0.2, 0) is 9.59 Å². The molecule has 0 fully saturated rings. The normalized spacial score (nSPS) is 10.1. The Labute approximate surface area is 166 Å². The molecule has 6 heteroatoms. The van der Waals surface area contributed by atoms with Crippen molar-refractivity contribution in [3.63, 3.8) is 0 Å². The van der Waals surface area contributed by atoms with Gasteiger partial charge >= 0.3 is 0 Å². The topological polar surface area (TPSA) is 79.5 Å². The van der Waals surface area contributed by atoms with Crippen LogP contribution >= 0.6 is 0 Å². The zero-order valence-corrected chi connectivity index (χ0v) is 16.4. The Morgan fingerprint density at radius 2 is 1.64 bits per heavy atom. The van der Waals surface area contributed by atoms with Gasteiger partial charge in [0.2, 0.25) is 11.8 Å². The first-order valence-electron chi connectivity index (χ1n) is 9.27. The highest BCUT2D eigenvalue weighted by molar-refractivity contribution is 5.95. The highest BCUT2D eigenvalue weighted by Crippen LogP contribution is 2.24. The van der Waals surface area contributed by atoms with Gasteiger partial charge in [-0.2, -0.15) is 0 Å². The molecule has 0 unspecified atom stereocenters. The Kier molecular flexibility index (Phi) is 8.09. The van der Waals surface area contributed by atoms with Crippen LogP contribution in [0.1, 0.15) is 26.7 Å². The van der Waals surface area contributed by atoms with Gasteiger partial charge in [-0.05, 0) is 55.3 Å². The first kappa shape index (κ1) is 21.0. The number of hydrogen-bond donors (Lipinski definition) is 3. The van der Waals surface area contributed by atoms with E-state index in [1.807, 2.05) is 38.1 Å². The Bertz CT molecular complexity index is 816. The quantitative estimate of drug-likeness (QED) is 0.532. The first-order valence-corrected chi connectivity index (χ1v) is 9.27. The summed E-state index contributed by atoms with van der Waals surface area (Å²) in [5, 5.41) is 8.73. The molecule has 0 atom stereocenters. The molecule has 0 aliphatic rings. The molecular formula is C22H27N3O3. The number of anilines is 3. The van der Waals surface area contributed by atoms with Gasteiger partial charge in [0.25, 0.3) is 0 Å². The highest BCUT2D eigenvalue weighted by Gasteiger charge is 2.08. The summed E-state index contributed by atoms with van der Waals surface area (Å²) in [7, 11) is 0. The number of carbonyl (C=O) groups excluding carboxylic acids is 2. The minimum absolute atomic E-state index is 0.00452. The van der Waals surface area contributed by atoms with Crippen LogP contribution in [0.3, 0.4) is 0 Å². The van der Waals surface area contributed by atoms with E-state index < -0.39 is 0 Å². The molecule has 28 heavy (non-hydrogen) atoms. The average molecular weight is 381 g/mol. The molecule has 0 aliphatic heterocycles. The number of rotatable bonds is 10. The number of benzene rings is 2. The second kappa shape index (κ2) is 10.8. The molecular weight excluding hydrogens is 354 g/mol. The molecule has 0 saturated carbocycles. The van der Waals surface area contributed by atoms with Crippen LogP contribution < -0.4 is 20.7 Å². The fraction of sp³-hybridized carbons (Fsp3) is 0.273. The molecule has 0 saturated heterocycles. The zero-order valence-electron chi connectivity index (χ0n) is 16.4. The predicted octanol–water partition coefficient (Wildman–Crippen LogP) is 4.43. The van der Waals surface area contributed by atoms with E-state index in [1.165, 1.54) is 0 Å². The minimum Gasteiger partial charge on any atom is -0.487 e. The molecule has 2 amide bonds. The monoisotopic (exact) mass is 381 g/mol. The van der Waals surface area contributed by atoms with Crippen molar-refractivity contribution in [2.45, 2.75) is 26.7 Å². The summed E-state index contributed by atoms with van der Waals surface area (Å²) in [5.74, 6) is 0.410. The molecule has 0 spiro atoms. The molecule has 2 aromatic carbocycles. The number of nitrogens with one attached hydrogen (secondary N) is 3. The summed E-state index contributed by atoms with van der Waals surface area (Å²) in [6.45, 7) is 8.15. The van der Waals surface area contributed by atoms with Gasteiger partial charge in [0, 0.05) is 17.8 Å².